The van der Waals surface area contributed by atoms with Crippen LogP contribution in [0.3, 0.4) is 0 Å². The second kappa shape index (κ2) is 3.57. The Morgan fingerprint density at radius 1 is 1.62 bits per heavy atom. The van der Waals surface area contributed by atoms with E-state index < -0.39 is 11.9 Å². The molecule has 0 radical (unpaired) electrons. The van der Waals surface area contributed by atoms with E-state index in [4.69, 9.17) is 10.8 Å². The highest BCUT2D eigenvalue weighted by Crippen LogP contribution is 2.17. The lowest BCUT2D eigenvalue weighted by atomic mass is 10.0. The first kappa shape index (κ1) is 9.73. The molecule has 1 saturated heterocycles. The van der Waals surface area contributed by atoms with Crippen molar-refractivity contribution in [3.8, 4) is 0 Å². The predicted octanol–water partition coefficient (Wildman–Crippen LogP) is -0.813. The molecule has 1 fully saturated rings. The smallest absolute Gasteiger partial charge is 0.332 e. The van der Waals surface area contributed by atoms with Gasteiger partial charge < -0.3 is 10.8 Å². The molecular formula is C8H12N2O3. The van der Waals surface area contributed by atoms with Crippen molar-refractivity contribution in [3.05, 3.63) is 12.2 Å². The Bertz CT molecular complexity index is 262. The average molecular weight is 184 g/mol. The van der Waals surface area contributed by atoms with Gasteiger partial charge in [0.05, 0.1) is 6.04 Å². The van der Waals surface area contributed by atoms with Crippen LogP contribution >= 0.6 is 0 Å². The van der Waals surface area contributed by atoms with Crippen LogP contribution in [0.15, 0.2) is 12.2 Å². The molecule has 0 aromatic rings. The maximum absolute atomic E-state index is 10.7. The summed E-state index contributed by atoms with van der Waals surface area (Å²) in [7, 11) is 0. The molecule has 1 heterocycles. The molecule has 1 amide bonds. The predicted molar refractivity (Wildman–Crippen MR) is 45.9 cm³/mol. The number of aliphatic carboxylic acids is 1. The second-order valence-electron chi connectivity index (χ2n) is 3.09. The van der Waals surface area contributed by atoms with E-state index in [1.165, 1.54) is 0 Å². The molecule has 0 aromatic heterocycles. The Morgan fingerprint density at radius 2 is 2.23 bits per heavy atom. The van der Waals surface area contributed by atoms with Crippen molar-refractivity contribution >= 4 is 11.9 Å². The fraction of sp³-hybridized carbons (Fsp3) is 0.500. The summed E-state index contributed by atoms with van der Waals surface area (Å²) in [5, 5.41) is 8.53. The third-order valence-electron chi connectivity index (χ3n) is 2.16. The lowest BCUT2D eigenvalue weighted by Crippen LogP contribution is -2.55. The number of carbonyl (C=O) groups is 2. The zero-order valence-electron chi connectivity index (χ0n) is 7.19. The summed E-state index contributed by atoms with van der Waals surface area (Å²) in [6, 6.07) is -0.309. The van der Waals surface area contributed by atoms with Gasteiger partial charge in [-0.05, 0) is 6.42 Å². The van der Waals surface area contributed by atoms with Crippen molar-refractivity contribution in [2.24, 2.45) is 5.73 Å². The van der Waals surface area contributed by atoms with Crippen LogP contribution in [0.25, 0.3) is 0 Å². The van der Waals surface area contributed by atoms with E-state index in [-0.39, 0.29) is 18.2 Å². The topological polar surface area (TPSA) is 83.6 Å². The molecule has 5 heteroatoms. The highest BCUT2D eigenvalue weighted by Gasteiger charge is 2.33. The molecule has 1 aliphatic heterocycles. The Hall–Kier alpha value is -1.36. The zero-order chi connectivity index (χ0) is 10.0. The van der Waals surface area contributed by atoms with E-state index in [0.29, 0.717) is 13.0 Å². The summed E-state index contributed by atoms with van der Waals surface area (Å²) in [6.45, 7) is 4.30. The number of carboxylic acids is 1. The van der Waals surface area contributed by atoms with Crippen LogP contribution < -0.4 is 5.73 Å². The van der Waals surface area contributed by atoms with E-state index in [1.807, 2.05) is 0 Å². The van der Waals surface area contributed by atoms with Crippen LogP contribution in [0.1, 0.15) is 6.42 Å². The van der Waals surface area contributed by atoms with Crippen LogP contribution in [-0.4, -0.2) is 41.0 Å². The number of hydrogen-bond acceptors (Lipinski definition) is 3. The van der Waals surface area contributed by atoms with Gasteiger partial charge in [-0.3, -0.25) is 9.69 Å². The summed E-state index contributed by atoms with van der Waals surface area (Å²) < 4.78 is 0. The molecule has 1 atom stereocenters. The lowest BCUT2D eigenvalue weighted by molar-refractivity contribution is -0.134. The SMILES string of the molecule is C=C(CN1CCC1C(N)=O)C(=O)O. The van der Waals surface area contributed by atoms with Gasteiger partial charge >= 0.3 is 5.97 Å². The fourth-order valence-corrected chi connectivity index (χ4v) is 1.27. The molecule has 1 rings (SSSR count). The number of carboxylic acid groups (broad SMARTS) is 1. The molecule has 0 spiro atoms. The monoisotopic (exact) mass is 184 g/mol. The molecule has 13 heavy (non-hydrogen) atoms. The minimum atomic E-state index is -1.03. The quantitative estimate of drug-likeness (QED) is 0.559. The standard InChI is InChI=1S/C8H12N2O3/c1-5(8(12)13)4-10-3-2-6(10)7(9)11/h6H,1-4H2,(H2,9,11)(H,12,13). The van der Waals surface area contributed by atoms with Gasteiger partial charge in [-0.2, -0.15) is 0 Å². The van der Waals surface area contributed by atoms with Crippen molar-refractivity contribution in [1.29, 1.82) is 0 Å². The first-order valence-corrected chi connectivity index (χ1v) is 3.97. The first-order valence-electron chi connectivity index (χ1n) is 3.97. The van der Waals surface area contributed by atoms with Crippen molar-refractivity contribution in [1.82, 2.24) is 4.90 Å². The van der Waals surface area contributed by atoms with E-state index in [1.54, 1.807) is 4.90 Å². The van der Waals surface area contributed by atoms with E-state index in [2.05, 4.69) is 6.58 Å². The maximum atomic E-state index is 10.7. The van der Waals surface area contributed by atoms with E-state index >= 15 is 0 Å². The minimum absolute atomic E-state index is 0.0888. The number of carbonyl (C=O) groups excluding carboxylic acids is 1. The van der Waals surface area contributed by atoms with Gasteiger partial charge in [0, 0.05) is 18.7 Å². The molecule has 0 aromatic carbocycles. The Morgan fingerprint density at radius 3 is 2.54 bits per heavy atom. The summed E-state index contributed by atoms with van der Waals surface area (Å²) in [4.78, 5) is 22.9. The molecular weight excluding hydrogens is 172 g/mol. The van der Waals surface area contributed by atoms with Crippen LogP contribution in [0.2, 0.25) is 0 Å². The largest absolute Gasteiger partial charge is 0.478 e. The Balaban J connectivity index is 2.43. The third kappa shape index (κ3) is 2.06. The van der Waals surface area contributed by atoms with Crippen molar-refractivity contribution < 1.29 is 14.7 Å². The van der Waals surface area contributed by atoms with Crippen LogP contribution in [0.4, 0.5) is 0 Å². The normalized spacial score (nSPS) is 22.0. The molecule has 0 aliphatic carbocycles. The summed E-state index contributed by atoms with van der Waals surface area (Å²) in [5.74, 6) is -1.43. The molecule has 1 aliphatic rings. The summed E-state index contributed by atoms with van der Waals surface area (Å²) in [5.41, 5.74) is 5.17. The highest BCUT2D eigenvalue weighted by molar-refractivity contribution is 5.86. The number of amides is 1. The summed E-state index contributed by atoms with van der Waals surface area (Å²) in [6.07, 6.45) is 0.711. The van der Waals surface area contributed by atoms with Gasteiger partial charge in [0.25, 0.3) is 0 Å². The molecule has 3 N–H and O–H groups in total. The molecule has 0 bridgehead atoms. The number of nitrogens with zero attached hydrogens (tertiary/aromatic N) is 1. The van der Waals surface area contributed by atoms with E-state index in [9.17, 15) is 9.59 Å². The van der Waals surface area contributed by atoms with Crippen molar-refractivity contribution in [2.75, 3.05) is 13.1 Å². The Kier molecular flexibility index (Phi) is 2.67. The summed E-state index contributed by atoms with van der Waals surface area (Å²) >= 11 is 0. The molecule has 0 saturated carbocycles. The first-order chi connectivity index (χ1) is 6.02. The minimum Gasteiger partial charge on any atom is -0.478 e. The molecule has 72 valence electrons. The zero-order valence-corrected chi connectivity index (χ0v) is 7.19. The fourth-order valence-electron chi connectivity index (χ4n) is 1.27. The molecule has 5 nitrogen and oxygen atoms in total. The van der Waals surface area contributed by atoms with Gasteiger partial charge in [0.2, 0.25) is 5.91 Å². The molecule has 1 unspecified atom stereocenters. The number of rotatable bonds is 4. The number of nitrogens with two attached hydrogens (primary N) is 1. The number of hydrogen-bond donors (Lipinski definition) is 2. The van der Waals surface area contributed by atoms with Gasteiger partial charge in [0.1, 0.15) is 0 Å². The second-order valence-corrected chi connectivity index (χ2v) is 3.09. The van der Waals surface area contributed by atoms with Gasteiger partial charge in [-0.25, -0.2) is 4.79 Å². The highest BCUT2D eigenvalue weighted by atomic mass is 16.4. The average Bonchev–Trinajstić information content (AvgIpc) is 1.95. The number of likely N-dealkylation sites (tertiary alicyclic amines) is 1. The lowest BCUT2D eigenvalue weighted by Gasteiger charge is -2.38. The number of primary amides is 1. The van der Waals surface area contributed by atoms with Gasteiger partial charge in [0.15, 0.2) is 0 Å². The van der Waals surface area contributed by atoms with Gasteiger partial charge in [-0.15, -0.1) is 0 Å². The third-order valence-corrected chi connectivity index (χ3v) is 2.16. The maximum Gasteiger partial charge on any atom is 0.332 e. The Labute approximate surface area is 75.8 Å². The van der Waals surface area contributed by atoms with Crippen LogP contribution in [0.5, 0.6) is 0 Å². The van der Waals surface area contributed by atoms with Gasteiger partial charge in [-0.1, -0.05) is 6.58 Å². The van der Waals surface area contributed by atoms with Crippen molar-refractivity contribution in [2.45, 2.75) is 12.5 Å². The van der Waals surface area contributed by atoms with Crippen molar-refractivity contribution in [3.63, 3.8) is 0 Å². The van der Waals surface area contributed by atoms with Crippen LogP contribution in [-0.2, 0) is 9.59 Å². The van der Waals surface area contributed by atoms with E-state index in [0.717, 1.165) is 0 Å². The van der Waals surface area contributed by atoms with Crippen LogP contribution in [0, 0.1) is 0 Å².